The van der Waals surface area contributed by atoms with Crippen LogP contribution in [0.4, 0.5) is 0 Å². The topological polar surface area (TPSA) is 30.9 Å². The molecule has 0 aromatic rings. The Kier molecular flexibility index (Phi) is 8.00. The van der Waals surface area contributed by atoms with E-state index in [0.717, 1.165) is 58.0 Å². The highest BCUT2D eigenvalue weighted by atomic mass is 16.7. The van der Waals surface area contributed by atoms with Gasteiger partial charge in [0.2, 0.25) is 0 Å². The maximum Gasteiger partial charge on any atom is 0.168 e. The number of ether oxygens (including phenoxy) is 3. The van der Waals surface area contributed by atoms with Crippen molar-refractivity contribution in [2.45, 2.75) is 96.6 Å². The first kappa shape index (κ1) is 22.3. The largest absolute Gasteiger partial charge is 0.377 e. The highest BCUT2D eigenvalue weighted by molar-refractivity contribution is 4.90. The summed E-state index contributed by atoms with van der Waals surface area (Å²) in [6.07, 6.45) is 13.2. The van der Waals surface area contributed by atoms with Crippen molar-refractivity contribution in [1.82, 2.24) is 4.90 Å². The molecular formula is C24H43NO3. The van der Waals surface area contributed by atoms with E-state index >= 15 is 0 Å². The van der Waals surface area contributed by atoms with Crippen molar-refractivity contribution in [3.8, 4) is 0 Å². The Morgan fingerprint density at radius 3 is 2.61 bits per heavy atom. The quantitative estimate of drug-likeness (QED) is 0.479. The maximum atomic E-state index is 6.50. The molecule has 2 atom stereocenters. The first-order chi connectivity index (χ1) is 13.5. The molecule has 0 bridgehead atoms. The number of nitrogens with zero attached hydrogens (tertiary/aromatic N) is 1. The molecule has 3 aliphatic rings. The summed E-state index contributed by atoms with van der Waals surface area (Å²) >= 11 is 0. The smallest absolute Gasteiger partial charge is 0.168 e. The van der Waals surface area contributed by atoms with Crippen LogP contribution in [0, 0.1) is 11.3 Å². The molecule has 1 spiro atoms. The van der Waals surface area contributed by atoms with Gasteiger partial charge >= 0.3 is 0 Å². The van der Waals surface area contributed by atoms with Crippen LogP contribution >= 0.6 is 0 Å². The molecule has 0 aromatic heterocycles. The van der Waals surface area contributed by atoms with Crippen molar-refractivity contribution in [3.63, 3.8) is 0 Å². The van der Waals surface area contributed by atoms with E-state index in [1.807, 2.05) is 6.08 Å². The Morgan fingerprint density at radius 1 is 1.18 bits per heavy atom. The third kappa shape index (κ3) is 5.81. The third-order valence-corrected chi connectivity index (χ3v) is 7.30. The summed E-state index contributed by atoms with van der Waals surface area (Å²) < 4.78 is 18.6. The molecule has 1 saturated carbocycles. The van der Waals surface area contributed by atoms with Crippen LogP contribution < -0.4 is 0 Å². The van der Waals surface area contributed by atoms with Crippen LogP contribution in [0.5, 0.6) is 0 Å². The molecule has 2 saturated heterocycles. The van der Waals surface area contributed by atoms with Crippen LogP contribution in [0.15, 0.2) is 12.7 Å². The molecule has 0 N–H and O–H groups in total. The van der Waals surface area contributed by atoms with E-state index < -0.39 is 0 Å². The lowest BCUT2D eigenvalue weighted by Crippen LogP contribution is -2.40. The molecular weight excluding hydrogens is 350 g/mol. The minimum Gasteiger partial charge on any atom is -0.377 e. The van der Waals surface area contributed by atoms with Gasteiger partial charge in [0.25, 0.3) is 0 Å². The normalized spacial score (nSPS) is 33.8. The predicted molar refractivity (Wildman–Crippen MR) is 114 cm³/mol. The van der Waals surface area contributed by atoms with Crippen LogP contribution in [-0.4, -0.2) is 55.7 Å². The van der Waals surface area contributed by atoms with Crippen molar-refractivity contribution in [1.29, 1.82) is 0 Å². The van der Waals surface area contributed by atoms with Gasteiger partial charge in [-0.3, -0.25) is 4.90 Å². The fourth-order valence-corrected chi connectivity index (χ4v) is 5.55. The van der Waals surface area contributed by atoms with Crippen molar-refractivity contribution in [3.05, 3.63) is 12.7 Å². The molecule has 3 fully saturated rings. The first-order valence-electron chi connectivity index (χ1n) is 11.7. The Balaban J connectivity index is 1.42. The van der Waals surface area contributed by atoms with Crippen molar-refractivity contribution in [2.75, 3.05) is 32.8 Å². The zero-order valence-corrected chi connectivity index (χ0v) is 18.6. The van der Waals surface area contributed by atoms with Crippen LogP contribution in [0.3, 0.4) is 0 Å². The van der Waals surface area contributed by atoms with Crippen LogP contribution in [0.25, 0.3) is 0 Å². The molecule has 4 heteroatoms. The van der Waals surface area contributed by atoms with Gasteiger partial charge in [0.05, 0.1) is 18.8 Å². The van der Waals surface area contributed by atoms with E-state index in [2.05, 4.69) is 32.3 Å². The average molecular weight is 394 g/mol. The minimum absolute atomic E-state index is 0.233. The average Bonchev–Trinajstić information content (AvgIpc) is 3.31. The van der Waals surface area contributed by atoms with Crippen molar-refractivity contribution < 1.29 is 14.2 Å². The zero-order chi connectivity index (χ0) is 20.0. The van der Waals surface area contributed by atoms with E-state index in [9.17, 15) is 0 Å². The van der Waals surface area contributed by atoms with Crippen molar-refractivity contribution >= 4 is 0 Å². The second-order valence-electron chi connectivity index (χ2n) is 9.95. The molecule has 2 heterocycles. The fraction of sp³-hybridized carbons (Fsp3) is 0.917. The van der Waals surface area contributed by atoms with Gasteiger partial charge < -0.3 is 14.2 Å². The first-order valence-corrected chi connectivity index (χ1v) is 11.7. The van der Waals surface area contributed by atoms with E-state index in [1.165, 1.54) is 38.5 Å². The van der Waals surface area contributed by atoms with Crippen LogP contribution in [0.1, 0.15) is 78.6 Å². The Hall–Kier alpha value is -0.420. The van der Waals surface area contributed by atoms with Gasteiger partial charge in [0, 0.05) is 39.1 Å². The van der Waals surface area contributed by atoms with Gasteiger partial charge in [0.15, 0.2) is 5.79 Å². The van der Waals surface area contributed by atoms with E-state index in [0.29, 0.717) is 11.5 Å². The molecule has 0 radical (unpaired) electrons. The third-order valence-electron chi connectivity index (χ3n) is 7.30. The highest BCUT2D eigenvalue weighted by Gasteiger charge is 2.46. The maximum absolute atomic E-state index is 6.50. The summed E-state index contributed by atoms with van der Waals surface area (Å²) in [4.78, 5) is 2.46. The number of hydrogen-bond donors (Lipinski definition) is 0. The molecule has 28 heavy (non-hydrogen) atoms. The van der Waals surface area contributed by atoms with E-state index in [1.54, 1.807) is 0 Å². The van der Waals surface area contributed by atoms with E-state index in [4.69, 9.17) is 14.2 Å². The fourth-order valence-electron chi connectivity index (χ4n) is 5.55. The predicted octanol–water partition coefficient (Wildman–Crippen LogP) is 5.17. The Bertz CT molecular complexity index is 478. The van der Waals surface area contributed by atoms with Gasteiger partial charge in [-0.05, 0) is 49.9 Å². The lowest BCUT2D eigenvalue weighted by Gasteiger charge is -2.42. The molecule has 4 nitrogen and oxygen atoms in total. The SMILES string of the molecule is C=CCN(CCC1COC2(CCC(C(C)(C)CCC)CC2)O1)CC1CCCO1. The van der Waals surface area contributed by atoms with Crippen LogP contribution in [0.2, 0.25) is 0 Å². The number of hydrogen-bond acceptors (Lipinski definition) is 4. The lowest BCUT2D eigenvalue weighted by molar-refractivity contribution is -0.197. The highest BCUT2D eigenvalue weighted by Crippen LogP contribution is 2.47. The molecule has 2 aliphatic heterocycles. The van der Waals surface area contributed by atoms with Gasteiger partial charge in [-0.2, -0.15) is 0 Å². The van der Waals surface area contributed by atoms with Gasteiger partial charge in [-0.15, -0.1) is 6.58 Å². The summed E-state index contributed by atoms with van der Waals surface area (Å²) in [5, 5.41) is 0. The molecule has 2 unspecified atom stereocenters. The molecule has 0 amide bonds. The lowest BCUT2D eigenvalue weighted by atomic mass is 9.68. The standard InChI is InChI=1S/C24H43NO3/c1-5-12-23(3,4)20-9-13-24(14-10-20)27-19-22(28-24)11-16-25(15-6-2)18-21-8-7-17-26-21/h6,20-22H,2,5,7-19H2,1,3-4H3. The Labute approximate surface area is 173 Å². The van der Waals surface area contributed by atoms with E-state index in [-0.39, 0.29) is 11.9 Å². The molecule has 1 aliphatic carbocycles. The second kappa shape index (κ2) is 10.1. The summed E-state index contributed by atoms with van der Waals surface area (Å²) in [5.74, 6) is 0.514. The summed E-state index contributed by atoms with van der Waals surface area (Å²) in [5.41, 5.74) is 0.446. The summed E-state index contributed by atoms with van der Waals surface area (Å²) in [7, 11) is 0. The Morgan fingerprint density at radius 2 is 1.96 bits per heavy atom. The second-order valence-corrected chi connectivity index (χ2v) is 9.95. The van der Waals surface area contributed by atoms with Crippen LogP contribution in [-0.2, 0) is 14.2 Å². The zero-order valence-electron chi connectivity index (χ0n) is 18.6. The monoisotopic (exact) mass is 393 g/mol. The summed E-state index contributed by atoms with van der Waals surface area (Å²) in [6, 6.07) is 0. The van der Waals surface area contributed by atoms with Gasteiger partial charge in [-0.25, -0.2) is 0 Å². The summed E-state index contributed by atoms with van der Waals surface area (Å²) in [6.45, 7) is 15.8. The molecule has 0 aromatic carbocycles. The molecule has 3 rings (SSSR count). The number of rotatable bonds is 10. The van der Waals surface area contributed by atoms with Gasteiger partial charge in [-0.1, -0.05) is 33.3 Å². The minimum atomic E-state index is -0.290. The van der Waals surface area contributed by atoms with Crippen molar-refractivity contribution in [2.24, 2.45) is 11.3 Å². The van der Waals surface area contributed by atoms with Gasteiger partial charge in [0.1, 0.15) is 0 Å². The molecule has 162 valence electrons.